The average Bonchev–Trinajstić information content (AvgIpc) is 3.28. The number of aromatic nitrogens is 3. The van der Waals surface area contributed by atoms with Crippen molar-refractivity contribution in [3.8, 4) is 17.1 Å². The molecule has 8 heteroatoms. The lowest BCUT2D eigenvalue weighted by atomic mass is 10.2. The number of benzene rings is 1. The Labute approximate surface area is 181 Å². The van der Waals surface area contributed by atoms with Crippen LogP contribution in [0.2, 0.25) is 0 Å². The Bertz CT molecular complexity index is 966. The zero-order valence-corrected chi connectivity index (χ0v) is 17.7. The molecule has 1 aliphatic rings. The van der Waals surface area contributed by atoms with E-state index in [0.29, 0.717) is 31.2 Å². The van der Waals surface area contributed by atoms with Gasteiger partial charge in [0, 0.05) is 63.5 Å². The minimum Gasteiger partial charge on any atom is -0.494 e. The van der Waals surface area contributed by atoms with Crippen LogP contribution >= 0.6 is 0 Å². The fraction of sp³-hybridized carbons (Fsp3) is 0.391. The van der Waals surface area contributed by atoms with Gasteiger partial charge in [-0.15, -0.1) is 0 Å². The molecule has 4 rings (SSSR count). The third-order valence-corrected chi connectivity index (χ3v) is 5.30. The number of hydrogen-bond acceptors (Lipinski definition) is 7. The molecule has 0 aliphatic carbocycles. The second-order valence-electron chi connectivity index (χ2n) is 7.49. The number of rotatable bonds is 8. The summed E-state index contributed by atoms with van der Waals surface area (Å²) in [6.07, 6.45) is 4.49. The summed E-state index contributed by atoms with van der Waals surface area (Å²) in [6, 6.07) is 11.6. The molecule has 1 amide bonds. The molecule has 0 saturated carbocycles. The van der Waals surface area contributed by atoms with E-state index >= 15 is 0 Å². The molecule has 3 aromatic rings. The second-order valence-corrected chi connectivity index (χ2v) is 7.49. The third-order valence-electron chi connectivity index (χ3n) is 5.30. The van der Waals surface area contributed by atoms with Gasteiger partial charge in [-0.3, -0.25) is 14.7 Å². The highest BCUT2D eigenvalue weighted by atomic mass is 16.5. The second kappa shape index (κ2) is 10.2. The molecule has 1 fully saturated rings. The zero-order valence-electron chi connectivity index (χ0n) is 17.7. The molecule has 1 saturated heterocycles. The predicted octanol–water partition coefficient (Wildman–Crippen LogP) is 2.81. The fourth-order valence-electron chi connectivity index (χ4n) is 3.62. The summed E-state index contributed by atoms with van der Waals surface area (Å²) in [4.78, 5) is 25.5. The Morgan fingerprint density at radius 1 is 1.13 bits per heavy atom. The topological polar surface area (TPSA) is 84.6 Å². The van der Waals surface area contributed by atoms with Crippen LogP contribution in [0, 0.1) is 0 Å². The average molecular weight is 422 g/mol. The van der Waals surface area contributed by atoms with Gasteiger partial charge in [0.15, 0.2) is 0 Å². The summed E-state index contributed by atoms with van der Waals surface area (Å²) in [5.74, 6) is 1.94. The molecule has 8 nitrogen and oxygen atoms in total. The Kier molecular flexibility index (Phi) is 6.89. The van der Waals surface area contributed by atoms with Gasteiger partial charge in [-0.2, -0.15) is 4.98 Å². The van der Waals surface area contributed by atoms with Crippen LogP contribution in [0.5, 0.6) is 5.75 Å². The molecule has 0 spiro atoms. The summed E-state index contributed by atoms with van der Waals surface area (Å²) in [7, 11) is 0. The summed E-state index contributed by atoms with van der Waals surface area (Å²) in [5.41, 5.74) is 2.05. The van der Waals surface area contributed by atoms with Crippen LogP contribution in [-0.4, -0.2) is 63.6 Å². The standard InChI is InChI=1S/C23H27N5O3/c1-2-30-20-7-5-19(6-8-20)23-25-21(31-26-23)9-10-22(29)28-14-12-27(13-15-28)17-18-4-3-11-24-16-18/h3-8,11,16H,2,9-10,12-15,17H2,1H3. The molecule has 3 heterocycles. The van der Waals surface area contributed by atoms with Crippen LogP contribution in [0.15, 0.2) is 53.3 Å². The Balaban J connectivity index is 1.23. The molecular formula is C23H27N5O3. The van der Waals surface area contributed by atoms with Crippen LogP contribution in [0.25, 0.3) is 11.4 Å². The first-order valence-electron chi connectivity index (χ1n) is 10.7. The molecule has 2 aromatic heterocycles. The van der Waals surface area contributed by atoms with Gasteiger partial charge >= 0.3 is 0 Å². The normalized spacial score (nSPS) is 14.5. The lowest BCUT2D eigenvalue weighted by Crippen LogP contribution is -2.48. The fourth-order valence-corrected chi connectivity index (χ4v) is 3.62. The van der Waals surface area contributed by atoms with E-state index in [0.717, 1.165) is 44.0 Å². The number of ether oxygens (including phenoxy) is 1. The highest BCUT2D eigenvalue weighted by Gasteiger charge is 2.21. The number of amides is 1. The first-order chi connectivity index (χ1) is 15.2. The maximum atomic E-state index is 12.6. The maximum Gasteiger partial charge on any atom is 0.227 e. The summed E-state index contributed by atoms with van der Waals surface area (Å²) < 4.78 is 10.8. The number of carbonyl (C=O) groups is 1. The summed E-state index contributed by atoms with van der Waals surface area (Å²) in [5, 5.41) is 4.04. The molecule has 0 bridgehead atoms. The monoisotopic (exact) mass is 421 g/mol. The van der Waals surface area contributed by atoms with Crippen molar-refractivity contribution in [2.24, 2.45) is 0 Å². The Morgan fingerprint density at radius 2 is 1.94 bits per heavy atom. The summed E-state index contributed by atoms with van der Waals surface area (Å²) in [6.45, 7) is 6.64. The first kappa shape index (κ1) is 21.0. The van der Waals surface area contributed by atoms with Crippen LogP contribution in [0.4, 0.5) is 0 Å². The molecule has 162 valence electrons. The lowest BCUT2D eigenvalue weighted by Gasteiger charge is -2.34. The molecular weight excluding hydrogens is 394 g/mol. The van der Waals surface area contributed by atoms with E-state index in [9.17, 15) is 4.79 Å². The molecule has 0 radical (unpaired) electrons. The highest BCUT2D eigenvalue weighted by molar-refractivity contribution is 5.76. The molecule has 1 aromatic carbocycles. The smallest absolute Gasteiger partial charge is 0.227 e. The van der Waals surface area contributed by atoms with Crippen molar-refractivity contribution in [2.45, 2.75) is 26.3 Å². The number of pyridine rings is 1. The van der Waals surface area contributed by atoms with Crippen molar-refractivity contribution in [2.75, 3.05) is 32.8 Å². The third kappa shape index (κ3) is 5.67. The lowest BCUT2D eigenvalue weighted by molar-refractivity contribution is -0.133. The largest absolute Gasteiger partial charge is 0.494 e. The Morgan fingerprint density at radius 3 is 2.65 bits per heavy atom. The van der Waals surface area contributed by atoms with Gasteiger partial charge in [-0.25, -0.2) is 0 Å². The van der Waals surface area contributed by atoms with Crippen molar-refractivity contribution in [3.63, 3.8) is 0 Å². The van der Waals surface area contributed by atoms with E-state index in [-0.39, 0.29) is 5.91 Å². The van der Waals surface area contributed by atoms with Crippen LogP contribution in [0.1, 0.15) is 24.8 Å². The van der Waals surface area contributed by atoms with Crippen LogP contribution < -0.4 is 4.74 Å². The minimum absolute atomic E-state index is 0.127. The minimum atomic E-state index is 0.127. The van der Waals surface area contributed by atoms with Gasteiger partial charge in [0.05, 0.1) is 6.61 Å². The van der Waals surface area contributed by atoms with Gasteiger partial charge in [-0.05, 0) is 42.8 Å². The van der Waals surface area contributed by atoms with Gasteiger partial charge in [0.2, 0.25) is 17.6 Å². The number of aryl methyl sites for hydroxylation is 1. The maximum absolute atomic E-state index is 12.6. The van der Waals surface area contributed by atoms with Crippen molar-refractivity contribution in [1.82, 2.24) is 24.9 Å². The van der Waals surface area contributed by atoms with Crippen molar-refractivity contribution >= 4 is 5.91 Å². The van der Waals surface area contributed by atoms with E-state index in [2.05, 4.69) is 26.1 Å². The van der Waals surface area contributed by atoms with Crippen molar-refractivity contribution < 1.29 is 14.1 Å². The number of carbonyl (C=O) groups excluding carboxylic acids is 1. The first-order valence-corrected chi connectivity index (χ1v) is 10.7. The van der Waals surface area contributed by atoms with E-state index < -0.39 is 0 Å². The van der Waals surface area contributed by atoms with Crippen LogP contribution in [-0.2, 0) is 17.8 Å². The summed E-state index contributed by atoms with van der Waals surface area (Å²) >= 11 is 0. The molecule has 0 N–H and O–H groups in total. The zero-order chi connectivity index (χ0) is 21.5. The van der Waals surface area contributed by atoms with E-state index in [1.54, 1.807) is 6.20 Å². The van der Waals surface area contributed by atoms with Crippen molar-refractivity contribution in [3.05, 3.63) is 60.2 Å². The molecule has 1 aliphatic heterocycles. The number of nitrogens with zero attached hydrogens (tertiary/aromatic N) is 5. The van der Waals surface area contributed by atoms with Gasteiger partial charge in [0.25, 0.3) is 0 Å². The van der Waals surface area contributed by atoms with E-state index in [4.69, 9.17) is 9.26 Å². The Hall–Kier alpha value is -3.26. The van der Waals surface area contributed by atoms with Crippen LogP contribution in [0.3, 0.4) is 0 Å². The van der Waals surface area contributed by atoms with Gasteiger partial charge in [-0.1, -0.05) is 11.2 Å². The van der Waals surface area contributed by atoms with Gasteiger partial charge in [0.1, 0.15) is 5.75 Å². The quantitative estimate of drug-likeness (QED) is 0.553. The molecule has 31 heavy (non-hydrogen) atoms. The van der Waals surface area contributed by atoms with Crippen molar-refractivity contribution in [1.29, 1.82) is 0 Å². The van der Waals surface area contributed by atoms with E-state index in [1.807, 2.05) is 48.4 Å². The van der Waals surface area contributed by atoms with Gasteiger partial charge < -0.3 is 14.2 Å². The number of piperazine rings is 1. The number of hydrogen-bond donors (Lipinski definition) is 0. The SMILES string of the molecule is CCOc1ccc(-c2noc(CCC(=O)N3CCN(Cc4cccnc4)CC3)n2)cc1. The van der Waals surface area contributed by atoms with E-state index in [1.165, 1.54) is 5.56 Å². The highest BCUT2D eigenvalue weighted by Crippen LogP contribution is 2.20. The predicted molar refractivity (Wildman–Crippen MR) is 115 cm³/mol. The molecule has 0 atom stereocenters. The molecule has 0 unspecified atom stereocenters.